The van der Waals surface area contributed by atoms with Crippen LogP contribution in [0.15, 0.2) is 0 Å². The van der Waals surface area contributed by atoms with Gasteiger partial charge in [0.1, 0.15) is 11.5 Å². The van der Waals surface area contributed by atoms with Crippen LogP contribution in [0.5, 0.6) is 0 Å². The fourth-order valence-electron chi connectivity index (χ4n) is 2.44. The Kier molecular flexibility index (Phi) is 5.32. The maximum Gasteiger partial charge on any atom is 0.177 e. The van der Waals surface area contributed by atoms with E-state index in [1.54, 1.807) is 0 Å². The van der Waals surface area contributed by atoms with Gasteiger partial charge in [0.25, 0.3) is 0 Å². The lowest BCUT2D eigenvalue weighted by Crippen LogP contribution is -2.51. The van der Waals surface area contributed by atoms with Gasteiger partial charge in [0.15, 0.2) is 4.87 Å². The predicted molar refractivity (Wildman–Crippen MR) is 67.7 cm³/mol. The molecule has 0 bridgehead atoms. The molecule has 1 rings (SSSR count). The highest BCUT2D eigenvalue weighted by Crippen LogP contribution is 2.33. The second-order valence-electron chi connectivity index (χ2n) is 4.53. The van der Waals surface area contributed by atoms with E-state index >= 15 is 0 Å². The molecule has 0 amide bonds. The van der Waals surface area contributed by atoms with Crippen LogP contribution in [0.1, 0.15) is 58.8 Å². The zero-order valence-corrected chi connectivity index (χ0v) is 10.7. The second-order valence-corrected chi connectivity index (χ2v) is 7.14. The average Bonchev–Trinajstić information content (AvgIpc) is 2.19. The zero-order chi connectivity index (χ0) is 10.4. The molecule has 2 heteroatoms. The standard InChI is InChI=1S/C12H26NS/c1-3-10-14(11-4-2)12(13)8-6-5-7-9-12/h3-11,13H2,1-2H3/q+1. The van der Waals surface area contributed by atoms with E-state index in [1.165, 1.54) is 56.5 Å². The Morgan fingerprint density at radius 3 is 1.93 bits per heavy atom. The molecule has 0 atom stereocenters. The van der Waals surface area contributed by atoms with Crippen LogP contribution in [-0.4, -0.2) is 16.4 Å². The molecule has 0 aromatic heterocycles. The summed E-state index contributed by atoms with van der Waals surface area (Å²) in [6.45, 7) is 4.59. The van der Waals surface area contributed by atoms with Crippen LogP contribution >= 0.6 is 0 Å². The van der Waals surface area contributed by atoms with E-state index in [0.717, 1.165) is 0 Å². The van der Waals surface area contributed by atoms with Gasteiger partial charge in [-0.3, -0.25) is 5.73 Å². The maximum atomic E-state index is 6.59. The molecule has 0 saturated heterocycles. The van der Waals surface area contributed by atoms with Crippen LogP contribution < -0.4 is 5.73 Å². The Bertz CT molecular complexity index is 146. The number of rotatable bonds is 5. The highest BCUT2D eigenvalue weighted by molar-refractivity contribution is 7.98. The van der Waals surface area contributed by atoms with E-state index in [-0.39, 0.29) is 4.87 Å². The van der Waals surface area contributed by atoms with Gasteiger partial charge in [-0.2, -0.15) is 0 Å². The molecule has 2 N–H and O–H groups in total. The summed E-state index contributed by atoms with van der Waals surface area (Å²) in [6, 6.07) is 0. The van der Waals surface area contributed by atoms with E-state index in [2.05, 4.69) is 13.8 Å². The summed E-state index contributed by atoms with van der Waals surface area (Å²) in [5.41, 5.74) is 6.59. The normalized spacial score (nSPS) is 21.4. The van der Waals surface area contributed by atoms with Gasteiger partial charge in [0.2, 0.25) is 0 Å². The molecular formula is C12H26NS+. The topological polar surface area (TPSA) is 26.0 Å². The number of hydrogen-bond acceptors (Lipinski definition) is 1. The molecule has 84 valence electrons. The SMILES string of the molecule is CCC[S+](CCC)C1(N)CCCCC1. The van der Waals surface area contributed by atoms with Crippen molar-refractivity contribution in [2.75, 3.05) is 11.5 Å². The summed E-state index contributed by atoms with van der Waals surface area (Å²) in [5.74, 6) is 2.73. The van der Waals surface area contributed by atoms with Gasteiger partial charge in [0.05, 0.1) is 0 Å². The summed E-state index contributed by atoms with van der Waals surface area (Å²) in [4.78, 5) is 0.226. The minimum atomic E-state index is 0.226. The Labute approximate surface area is 92.2 Å². The highest BCUT2D eigenvalue weighted by Gasteiger charge is 2.43. The first-order valence-corrected chi connectivity index (χ1v) is 7.75. The second kappa shape index (κ2) is 6.02. The van der Waals surface area contributed by atoms with Crippen LogP contribution in [0.4, 0.5) is 0 Å². The molecule has 0 spiro atoms. The molecule has 0 radical (unpaired) electrons. The van der Waals surface area contributed by atoms with Crippen LogP contribution in [0, 0.1) is 0 Å². The first-order valence-electron chi connectivity index (χ1n) is 6.19. The predicted octanol–water partition coefficient (Wildman–Crippen LogP) is 3.04. The van der Waals surface area contributed by atoms with Gasteiger partial charge < -0.3 is 0 Å². The van der Waals surface area contributed by atoms with Gasteiger partial charge in [-0.25, -0.2) is 0 Å². The van der Waals surface area contributed by atoms with Crippen molar-refractivity contribution < 1.29 is 0 Å². The lowest BCUT2D eigenvalue weighted by atomic mass is 9.96. The lowest BCUT2D eigenvalue weighted by molar-refractivity contribution is 0.402. The first kappa shape index (κ1) is 12.4. The quantitative estimate of drug-likeness (QED) is 0.702. The van der Waals surface area contributed by atoms with Gasteiger partial charge in [-0.05, 0) is 25.7 Å². The molecule has 1 aliphatic carbocycles. The van der Waals surface area contributed by atoms with Crippen molar-refractivity contribution in [3.63, 3.8) is 0 Å². The summed E-state index contributed by atoms with van der Waals surface area (Å²) in [6.07, 6.45) is 9.34. The molecule has 0 unspecified atom stereocenters. The van der Waals surface area contributed by atoms with Gasteiger partial charge in [-0.15, -0.1) is 0 Å². The van der Waals surface area contributed by atoms with Crippen LogP contribution in [0.25, 0.3) is 0 Å². The van der Waals surface area contributed by atoms with Crippen molar-refractivity contribution >= 4 is 10.9 Å². The van der Waals surface area contributed by atoms with Crippen LogP contribution in [0.2, 0.25) is 0 Å². The van der Waals surface area contributed by atoms with Crippen LogP contribution in [0.3, 0.4) is 0 Å². The minimum Gasteiger partial charge on any atom is -0.284 e. The largest absolute Gasteiger partial charge is 0.284 e. The van der Waals surface area contributed by atoms with E-state index in [4.69, 9.17) is 5.73 Å². The fourth-order valence-corrected chi connectivity index (χ4v) is 5.31. The van der Waals surface area contributed by atoms with Gasteiger partial charge >= 0.3 is 0 Å². The van der Waals surface area contributed by atoms with Crippen molar-refractivity contribution in [3.8, 4) is 0 Å². The minimum absolute atomic E-state index is 0.226. The Morgan fingerprint density at radius 2 is 1.50 bits per heavy atom. The van der Waals surface area contributed by atoms with Crippen molar-refractivity contribution in [2.45, 2.75) is 63.7 Å². The van der Waals surface area contributed by atoms with E-state index in [1.807, 2.05) is 0 Å². The third-order valence-electron chi connectivity index (χ3n) is 3.18. The number of nitrogens with two attached hydrogens (primary N) is 1. The first-order chi connectivity index (χ1) is 6.73. The third-order valence-corrected chi connectivity index (χ3v) is 6.54. The van der Waals surface area contributed by atoms with E-state index in [9.17, 15) is 0 Å². The summed E-state index contributed by atoms with van der Waals surface area (Å²) in [7, 11) is 0.501. The molecule has 0 aromatic rings. The molecular weight excluding hydrogens is 190 g/mol. The third kappa shape index (κ3) is 3.16. The van der Waals surface area contributed by atoms with E-state index in [0.29, 0.717) is 10.9 Å². The Hall–Kier alpha value is 0.310. The summed E-state index contributed by atoms with van der Waals surface area (Å²) < 4.78 is 0. The monoisotopic (exact) mass is 216 g/mol. The molecule has 0 aliphatic heterocycles. The van der Waals surface area contributed by atoms with Gasteiger partial charge in [-0.1, -0.05) is 20.3 Å². The summed E-state index contributed by atoms with van der Waals surface area (Å²) in [5, 5.41) is 0. The van der Waals surface area contributed by atoms with Crippen molar-refractivity contribution in [1.82, 2.24) is 0 Å². The summed E-state index contributed by atoms with van der Waals surface area (Å²) >= 11 is 0. The smallest absolute Gasteiger partial charge is 0.177 e. The van der Waals surface area contributed by atoms with Crippen LogP contribution in [-0.2, 0) is 10.9 Å². The lowest BCUT2D eigenvalue weighted by Gasteiger charge is -2.32. The Morgan fingerprint density at radius 1 is 1.00 bits per heavy atom. The van der Waals surface area contributed by atoms with Crippen molar-refractivity contribution in [3.05, 3.63) is 0 Å². The average molecular weight is 216 g/mol. The molecule has 0 aromatic carbocycles. The maximum absolute atomic E-state index is 6.59. The zero-order valence-electron chi connectivity index (χ0n) is 9.85. The van der Waals surface area contributed by atoms with Crippen molar-refractivity contribution in [2.24, 2.45) is 5.73 Å². The van der Waals surface area contributed by atoms with E-state index < -0.39 is 0 Å². The molecule has 0 heterocycles. The fraction of sp³-hybridized carbons (Fsp3) is 1.00. The Balaban J connectivity index is 2.53. The molecule has 14 heavy (non-hydrogen) atoms. The van der Waals surface area contributed by atoms with Crippen molar-refractivity contribution in [1.29, 1.82) is 0 Å². The molecule has 1 aliphatic rings. The molecule has 1 nitrogen and oxygen atoms in total. The highest BCUT2D eigenvalue weighted by atomic mass is 32.2. The molecule has 1 fully saturated rings. The number of hydrogen-bond donors (Lipinski definition) is 1. The molecule has 1 saturated carbocycles. The van der Waals surface area contributed by atoms with Gasteiger partial charge in [0, 0.05) is 23.7 Å².